The Balaban J connectivity index is 1.47. The summed E-state index contributed by atoms with van der Waals surface area (Å²) in [6.07, 6.45) is 1.49. The molecule has 2 heterocycles. The predicted octanol–water partition coefficient (Wildman–Crippen LogP) is 3.83. The van der Waals surface area contributed by atoms with Crippen molar-refractivity contribution in [2.75, 3.05) is 18.4 Å². The molecular formula is C17H18ClN3O2S. The van der Waals surface area contributed by atoms with Gasteiger partial charge in [-0.3, -0.25) is 4.79 Å². The molecule has 1 aliphatic heterocycles. The lowest BCUT2D eigenvalue weighted by atomic mass is 10.1. The number of carbonyl (C=O) groups excluding carboxylic acids is 2. The first-order valence-corrected chi connectivity index (χ1v) is 8.98. The first kappa shape index (κ1) is 16.8. The minimum absolute atomic E-state index is 0.0825. The highest BCUT2D eigenvalue weighted by Gasteiger charge is 2.24. The summed E-state index contributed by atoms with van der Waals surface area (Å²) in [5.74, 6) is -0.0981. The SMILES string of the molecule is O=C(NC1CCN(C(=O)Nc2ccccc2)CC1)c1ccc(Cl)s1. The van der Waals surface area contributed by atoms with E-state index in [1.807, 2.05) is 30.3 Å². The van der Waals surface area contributed by atoms with E-state index in [0.29, 0.717) is 22.3 Å². The second-order valence-corrected chi connectivity index (χ2v) is 7.35. The molecule has 0 aliphatic carbocycles. The van der Waals surface area contributed by atoms with E-state index in [-0.39, 0.29) is 18.0 Å². The maximum Gasteiger partial charge on any atom is 0.321 e. The lowest BCUT2D eigenvalue weighted by molar-refractivity contribution is 0.0923. The number of piperidine rings is 1. The highest BCUT2D eigenvalue weighted by Crippen LogP contribution is 2.22. The average Bonchev–Trinajstić information content (AvgIpc) is 3.03. The number of rotatable bonds is 3. The molecule has 0 unspecified atom stereocenters. The van der Waals surface area contributed by atoms with Crippen LogP contribution in [0.25, 0.3) is 0 Å². The van der Waals surface area contributed by atoms with Gasteiger partial charge < -0.3 is 15.5 Å². The third-order valence-electron chi connectivity index (χ3n) is 3.94. The van der Waals surface area contributed by atoms with E-state index in [2.05, 4.69) is 10.6 Å². The first-order valence-electron chi connectivity index (χ1n) is 7.79. The number of thiophene rings is 1. The van der Waals surface area contributed by atoms with Crippen molar-refractivity contribution in [3.63, 3.8) is 0 Å². The van der Waals surface area contributed by atoms with E-state index >= 15 is 0 Å². The van der Waals surface area contributed by atoms with Gasteiger partial charge in [-0.2, -0.15) is 0 Å². The smallest absolute Gasteiger partial charge is 0.321 e. The maximum absolute atomic E-state index is 12.2. The van der Waals surface area contributed by atoms with Crippen LogP contribution < -0.4 is 10.6 Å². The van der Waals surface area contributed by atoms with E-state index in [9.17, 15) is 9.59 Å². The van der Waals surface area contributed by atoms with Gasteiger partial charge in [-0.1, -0.05) is 29.8 Å². The molecule has 2 N–H and O–H groups in total. The van der Waals surface area contributed by atoms with Crippen molar-refractivity contribution < 1.29 is 9.59 Å². The van der Waals surface area contributed by atoms with Gasteiger partial charge in [-0.15, -0.1) is 11.3 Å². The Kier molecular flexibility index (Phi) is 5.37. The van der Waals surface area contributed by atoms with Crippen LogP contribution in [0.2, 0.25) is 4.34 Å². The topological polar surface area (TPSA) is 61.4 Å². The molecule has 0 radical (unpaired) electrons. The zero-order chi connectivity index (χ0) is 16.9. The Labute approximate surface area is 149 Å². The van der Waals surface area contributed by atoms with Crippen LogP contribution in [0.4, 0.5) is 10.5 Å². The monoisotopic (exact) mass is 363 g/mol. The zero-order valence-corrected chi connectivity index (χ0v) is 14.6. The zero-order valence-electron chi connectivity index (χ0n) is 13.0. The van der Waals surface area contributed by atoms with Crippen LogP contribution >= 0.6 is 22.9 Å². The lowest BCUT2D eigenvalue weighted by Crippen LogP contribution is -2.47. The minimum Gasteiger partial charge on any atom is -0.348 e. The summed E-state index contributed by atoms with van der Waals surface area (Å²) in [5, 5.41) is 5.89. The molecule has 1 aromatic heterocycles. The van der Waals surface area contributed by atoms with Crippen molar-refractivity contribution in [1.29, 1.82) is 0 Å². The van der Waals surface area contributed by atoms with E-state index in [1.54, 1.807) is 17.0 Å². The molecule has 0 saturated carbocycles. The number of benzene rings is 1. The molecule has 1 aliphatic rings. The van der Waals surface area contributed by atoms with E-state index < -0.39 is 0 Å². The van der Waals surface area contributed by atoms with Gasteiger partial charge in [-0.05, 0) is 37.1 Å². The van der Waals surface area contributed by atoms with Gasteiger partial charge in [0.2, 0.25) is 0 Å². The molecule has 126 valence electrons. The van der Waals surface area contributed by atoms with Gasteiger partial charge in [0.25, 0.3) is 5.91 Å². The van der Waals surface area contributed by atoms with Crippen molar-refractivity contribution in [2.45, 2.75) is 18.9 Å². The van der Waals surface area contributed by atoms with Crippen molar-refractivity contribution in [3.05, 3.63) is 51.7 Å². The highest BCUT2D eigenvalue weighted by molar-refractivity contribution is 7.18. The van der Waals surface area contributed by atoms with Gasteiger partial charge in [-0.25, -0.2) is 4.79 Å². The summed E-state index contributed by atoms with van der Waals surface area (Å²) >= 11 is 7.13. The van der Waals surface area contributed by atoms with Crippen LogP contribution in [0.3, 0.4) is 0 Å². The number of hydrogen-bond donors (Lipinski definition) is 2. The average molecular weight is 364 g/mol. The van der Waals surface area contributed by atoms with Gasteiger partial charge >= 0.3 is 6.03 Å². The fourth-order valence-corrected chi connectivity index (χ4v) is 3.59. The quantitative estimate of drug-likeness (QED) is 0.870. The molecule has 2 aromatic rings. The number of amides is 3. The van der Waals surface area contributed by atoms with E-state index in [1.165, 1.54) is 11.3 Å². The van der Waals surface area contributed by atoms with Crippen molar-refractivity contribution in [2.24, 2.45) is 0 Å². The Morgan fingerprint density at radius 2 is 1.79 bits per heavy atom. The third kappa shape index (κ3) is 4.27. The molecule has 7 heteroatoms. The third-order valence-corrected chi connectivity index (χ3v) is 5.17. The molecule has 1 fully saturated rings. The molecule has 3 rings (SSSR count). The van der Waals surface area contributed by atoms with E-state index in [4.69, 9.17) is 11.6 Å². The number of urea groups is 1. The number of nitrogens with one attached hydrogen (secondary N) is 2. The van der Waals surface area contributed by atoms with Crippen LogP contribution in [0.1, 0.15) is 22.5 Å². The van der Waals surface area contributed by atoms with Gasteiger partial charge in [0.05, 0.1) is 9.21 Å². The Morgan fingerprint density at radius 3 is 2.42 bits per heavy atom. The molecular weight excluding hydrogens is 346 g/mol. The summed E-state index contributed by atoms with van der Waals surface area (Å²) in [6, 6.07) is 12.8. The second-order valence-electron chi connectivity index (χ2n) is 5.63. The van der Waals surface area contributed by atoms with E-state index in [0.717, 1.165) is 18.5 Å². The molecule has 5 nitrogen and oxygen atoms in total. The van der Waals surface area contributed by atoms with Gasteiger partial charge in [0, 0.05) is 24.8 Å². The fraction of sp³-hybridized carbons (Fsp3) is 0.294. The van der Waals surface area contributed by atoms with Gasteiger partial charge in [0.1, 0.15) is 0 Å². The fourth-order valence-electron chi connectivity index (χ4n) is 2.64. The van der Waals surface area contributed by atoms with Crippen LogP contribution in [-0.2, 0) is 0 Å². The number of carbonyl (C=O) groups is 2. The summed E-state index contributed by atoms with van der Waals surface area (Å²) in [5.41, 5.74) is 0.785. The van der Waals surface area contributed by atoms with Crippen LogP contribution in [-0.4, -0.2) is 36.0 Å². The highest BCUT2D eigenvalue weighted by atomic mass is 35.5. The van der Waals surface area contributed by atoms with Crippen LogP contribution in [0.15, 0.2) is 42.5 Å². The van der Waals surface area contributed by atoms with Crippen LogP contribution in [0.5, 0.6) is 0 Å². The summed E-state index contributed by atoms with van der Waals surface area (Å²) in [6.45, 7) is 1.24. The van der Waals surface area contributed by atoms with Gasteiger partial charge in [0.15, 0.2) is 0 Å². The maximum atomic E-state index is 12.2. The van der Waals surface area contributed by atoms with Crippen molar-refractivity contribution in [1.82, 2.24) is 10.2 Å². The molecule has 0 atom stereocenters. The summed E-state index contributed by atoms with van der Waals surface area (Å²) in [4.78, 5) is 26.8. The minimum atomic E-state index is -0.101. The van der Waals surface area contributed by atoms with Crippen LogP contribution in [0, 0.1) is 0 Å². The predicted molar refractivity (Wildman–Crippen MR) is 96.9 cm³/mol. The standard InChI is InChI=1S/C17H18ClN3O2S/c18-15-7-6-14(24-15)16(22)19-13-8-10-21(11-9-13)17(23)20-12-4-2-1-3-5-12/h1-7,13H,8-11H2,(H,19,22)(H,20,23). The Bertz CT molecular complexity index is 712. The lowest BCUT2D eigenvalue weighted by Gasteiger charge is -2.32. The van der Waals surface area contributed by atoms with Crippen molar-refractivity contribution in [3.8, 4) is 0 Å². The number of anilines is 1. The Hall–Kier alpha value is -2.05. The summed E-state index contributed by atoms with van der Waals surface area (Å²) < 4.78 is 0.604. The Morgan fingerprint density at radius 1 is 1.08 bits per heavy atom. The molecule has 0 spiro atoms. The molecule has 0 bridgehead atoms. The summed E-state index contributed by atoms with van der Waals surface area (Å²) in [7, 11) is 0. The normalized spacial score (nSPS) is 15.1. The number of hydrogen-bond acceptors (Lipinski definition) is 3. The first-order chi connectivity index (χ1) is 11.6. The molecule has 3 amide bonds. The molecule has 1 aromatic carbocycles. The number of halogens is 1. The van der Waals surface area contributed by atoms with Crippen molar-refractivity contribution >= 4 is 40.6 Å². The molecule has 1 saturated heterocycles. The number of likely N-dealkylation sites (tertiary alicyclic amines) is 1. The number of para-hydroxylation sites is 1. The number of nitrogens with zero attached hydrogens (tertiary/aromatic N) is 1. The largest absolute Gasteiger partial charge is 0.348 e. The second kappa shape index (κ2) is 7.68. The molecule has 24 heavy (non-hydrogen) atoms.